The maximum absolute atomic E-state index is 14.1. The summed E-state index contributed by atoms with van der Waals surface area (Å²) in [5, 5.41) is 33.4. The summed E-state index contributed by atoms with van der Waals surface area (Å²) in [7, 11) is 0. The van der Waals surface area contributed by atoms with E-state index in [9.17, 15) is 53.4 Å². The Hall–Kier alpha value is -7.87. The number of carbonyl (C=O) groups is 9. The summed E-state index contributed by atoms with van der Waals surface area (Å²) in [6.07, 6.45) is 3.26. The number of piperidine rings is 1. The summed E-state index contributed by atoms with van der Waals surface area (Å²) >= 11 is 0. The fraction of sp³-hybridized carbons (Fsp3) is 0.549. The van der Waals surface area contributed by atoms with Crippen LogP contribution < -0.4 is 55.3 Å². The van der Waals surface area contributed by atoms with Gasteiger partial charge >= 0.3 is 5.97 Å². The van der Waals surface area contributed by atoms with E-state index >= 15 is 0 Å². The van der Waals surface area contributed by atoms with Gasteiger partial charge in [0.2, 0.25) is 47.3 Å². The largest absolute Gasteiger partial charge is 0.480 e. The molecule has 26 heteroatoms. The van der Waals surface area contributed by atoms with Gasteiger partial charge in [-0.25, -0.2) is 4.79 Å². The Kier molecular flexibility index (Phi) is 23.4. The molecule has 0 bridgehead atoms. The van der Waals surface area contributed by atoms with Crippen molar-refractivity contribution in [3.63, 3.8) is 0 Å². The predicted octanol–water partition coefficient (Wildman–Crippen LogP) is -3.74. The number of aliphatic hydroxyl groups excluding tert-OH is 1. The lowest BCUT2D eigenvalue weighted by Crippen LogP contribution is -2.60. The Morgan fingerprint density at radius 1 is 0.597 bits per heavy atom. The van der Waals surface area contributed by atoms with Gasteiger partial charge in [0, 0.05) is 58.0 Å². The molecule has 3 saturated heterocycles. The fourth-order valence-corrected chi connectivity index (χ4v) is 9.65. The van der Waals surface area contributed by atoms with Crippen molar-refractivity contribution in [1.29, 1.82) is 0 Å². The molecular weight excluding hydrogens is 999 g/mol. The molecule has 0 unspecified atom stereocenters. The molecule has 5 rings (SSSR count). The molecule has 0 aliphatic carbocycles. The van der Waals surface area contributed by atoms with Gasteiger partial charge in [-0.2, -0.15) is 0 Å². The number of nitrogens with two attached hydrogens (primary N) is 5. The van der Waals surface area contributed by atoms with Crippen molar-refractivity contribution in [3.05, 3.63) is 71.8 Å². The number of aliphatic hydroxyl groups is 1. The second-order valence-corrected chi connectivity index (χ2v) is 19.4. The third kappa shape index (κ3) is 18.4. The molecule has 77 heavy (non-hydrogen) atoms. The highest BCUT2D eigenvalue weighted by Crippen LogP contribution is 2.25. The van der Waals surface area contributed by atoms with Crippen LogP contribution in [0.25, 0.3) is 0 Å². The van der Waals surface area contributed by atoms with Crippen LogP contribution in [0, 0.1) is 5.92 Å². The summed E-state index contributed by atoms with van der Waals surface area (Å²) in [6, 6.07) is 9.31. The van der Waals surface area contributed by atoms with Gasteiger partial charge < -0.3 is 80.2 Å². The number of carboxylic acid groups (broad SMARTS) is 1. The van der Waals surface area contributed by atoms with Gasteiger partial charge in [0.1, 0.15) is 36.3 Å². The minimum atomic E-state index is -1.56. The molecule has 0 aromatic heterocycles. The van der Waals surface area contributed by atoms with E-state index < -0.39 is 103 Å². The third-order valence-electron chi connectivity index (χ3n) is 13.8. The monoisotopic (exact) mass is 1070 g/mol. The number of nitrogens with one attached hydrogen (secondary N) is 5. The number of hydrogen-bond acceptors (Lipinski definition) is 13. The lowest BCUT2D eigenvalue weighted by atomic mass is 9.95. The van der Waals surface area contributed by atoms with Gasteiger partial charge in [-0.1, -0.05) is 60.7 Å². The predicted molar refractivity (Wildman–Crippen MR) is 282 cm³/mol. The lowest BCUT2D eigenvalue weighted by molar-refractivity contribution is -0.146. The Morgan fingerprint density at radius 2 is 1.10 bits per heavy atom. The van der Waals surface area contributed by atoms with E-state index in [-0.39, 0.29) is 82.0 Å². The first-order valence-electron chi connectivity index (χ1n) is 26.0. The highest BCUT2D eigenvalue weighted by molar-refractivity contribution is 5.97. The zero-order valence-electron chi connectivity index (χ0n) is 43.2. The maximum atomic E-state index is 14.1. The first-order valence-corrected chi connectivity index (χ1v) is 26.0. The number of benzene rings is 2. The number of nitrogens with zero attached hydrogens (tertiary/aromatic N) is 5. The van der Waals surface area contributed by atoms with Gasteiger partial charge in [-0.3, -0.25) is 48.3 Å². The van der Waals surface area contributed by atoms with Crippen molar-refractivity contribution < 1.29 is 53.4 Å². The molecule has 0 saturated carbocycles. The SMILES string of the molecule is NC(N)=NCCC[C@H](NC(=O)[C@H](Cc1ccccc1)NC(=O)[C@@H]1CCCN1C(=O)[C@H](CO)NC(=O)[C@H](Cc1ccccc1)NC(=O)CNC(=O)C1CCN(C(=O)[C@@H]2CCCN2C(=O)[C@@H](N)CCCN=C(N)N)CC1)C(=O)O. The van der Waals surface area contributed by atoms with Crippen LogP contribution in [-0.2, 0) is 56.0 Å². The summed E-state index contributed by atoms with van der Waals surface area (Å²) in [5.41, 5.74) is 29.0. The van der Waals surface area contributed by atoms with Crippen LogP contribution in [-0.4, -0.2) is 185 Å². The smallest absolute Gasteiger partial charge is 0.326 e. The average Bonchev–Trinajstić information content (AvgIpc) is 4.13. The minimum Gasteiger partial charge on any atom is -0.480 e. The second-order valence-electron chi connectivity index (χ2n) is 19.4. The van der Waals surface area contributed by atoms with Crippen LogP contribution in [0.4, 0.5) is 0 Å². The lowest BCUT2D eigenvalue weighted by Gasteiger charge is -2.35. The normalized spacial score (nSPS) is 18.3. The van der Waals surface area contributed by atoms with Crippen LogP contribution in [0.3, 0.4) is 0 Å². The van der Waals surface area contributed by atoms with E-state index in [1.54, 1.807) is 65.6 Å². The van der Waals surface area contributed by atoms with Crippen molar-refractivity contribution in [2.75, 3.05) is 52.4 Å². The number of rotatable bonds is 27. The van der Waals surface area contributed by atoms with E-state index in [2.05, 4.69) is 36.6 Å². The Morgan fingerprint density at radius 3 is 1.64 bits per heavy atom. The molecule has 420 valence electrons. The molecule has 3 fully saturated rings. The molecule has 2 aromatic rings. The van der Waals surface area contributed by atoms with E-state index in [0.29, 0.717) is 69.2 Å². The number of likely N-dealkylation sites (tertiary alicyclic amines) is 3. The Balaban J connectivity index is 1.16. The first kappa shape index (κ1) is 60.0. The number of carboxylic acids is 1. The molecule has 7 atom stereocenters. The Labute approximate surface area is 446 Å². The molecule has 2 aromatic carbocycles. The van der Waals surface area contributed by atoms with Crippen LogP contribution >= 0.6 is 0 Å². The average molecular weight is 1070 g/mol. The summed E-state index contributed by atoms with van der Waals surface area (Å²) in [4.78, 5) is 134. The molecule has 0 radical (unpaired) electrons. The molecule has 26 nitrogen and oxygen atoms in total. The zero-order valence-corrected chi connectivity index (χ0v) is 43.2. The van der Waals surface area contributed by atoms with Crippen molar-refractivity contribution >= 4 is 65.1 Å². The number of aliphatic carboxylic acids is 1. The minimum absolute atomic E-state index is 0.0166. The summed E-state index contributed by atoms with van der Waals surface area (Å²) in [5.74, 6) is -6.88. The van der Waals surface area contributed by atoms with Crippen molar-refractivity contribution in [2.45, 2.75) is 119 Å². The van der Waals surface area contributed by atoms with Gasteiger partial charge in [-0.15, -0.1) is 0 Å². The van der Waals surface area contributed by atoms with Gasteiger partial charge in [-0.05, 0) is 75.3 Å². The molecule has 3 heterocycles. The standard InChI is InChI=1S/C51H75N15O11/c52-34(15-7-21-57-50(53)54)46(73)66-24-10-18-40(66)48(75)64-25-19-33(20-26-64)42(69)59-29-41(68)60-36(27-31-11-3-1-4-12-31)43(70)63-38(30-67)47(74)65-23-9-17-39(65)45(72)62-37(28-32-13-5-2-6-14-32)44(71)61-35(49(76)77)16-8-22-58-51(55)56/h1-6,11-14,33-40,67H,7-10,15-30,52H2,(H,59,69)(H,60,68)(H,61,71)(H,62,72)(H,63,70)(H,76,77)(H4,53,54,57)(H4,55,56,58)/t34-,35-,36-,37-,38-,39-,40-/m0/s1. The van der Waals surface area contributed by atoms with Crippen molar-refractivity contribution in [2.24, 2.45) is 44.6 Å². The first-order chi connectivity index (χ1) is 36.9. The molecule has 8 amide bonds. The topological polar surface area (TPSA) is 419 Å². The van der Waals surface area contributed by atoms with Crippen molar-refractivity contribution in [1.82, 2.24) is 41.3 Å². The summed E-state index contributed by atoms with van der Waals surface area (Å²) in [6.45, 7) is 0.0389. The van der Waals surface area contributed by atoms with Crippen LogP contribution in [0.1, 0.15) is 75.3 Å². The maximum Gasteiger partial charge on any atom is 0.326 e. The summed E-state index contributed by atoms with van der Waals surface area (Å²) < 4.78 is 0. The fourth-order valence-electron chi connectivity index (χ4n) is 9.65. The quantitative estimate of drug-likeness (QED) is 0.0232. The highest BCUT2D eigenvalue weighted by Gasteiger charge is 2.41. The van der Waals surface area contributed by atoms with Crippen LogP contribution in [0.15, 0.2) is 70.6 Å². The third-order valence-corrected chi connectivity index (χ3v) is 13.8. The van der Waals surface area contributed by atoms with Crippen LogP contribution in [0.2, 0.25) is 0 Å². The zero-order chi connectivity index (χ0) is 56.0. The molecular formula is C51H75N15O11. The number of guanidine groups is 2. The van der Waals surface area contributed by atoms with Gasteiger partial charge in [0.15, 0.2) is 11.9 Å². The van der Waals surface area contributed by atoms with Gasteiger partial charge in [0.05, 0.1) is 19.2 Å². The van der Waals surface area contributed by atoms with E-state index in [1.165, 1.54) is 9.80 Å². The van der Waals surface area contributed by atoms with E-state index in [4.69, 9.17) is 28.7 Å². The molecule has 0 spiro atoms. The van der Waals surface area contributed by atoms with E-state index in [1.807, 2.05) is 0 Å². The van der Waals surface area contributed by atoms with Gasteiger partial charge in [0.25, 0.3) is 0 Å². The number of carbonyl (C=O) groups excluding carboxylic acids is 8. The molecule has 17 N–H and O–H groups in total. The Bertz CT molecular complexity index is 2420. The molecule has 3 aliphatic rings. The van der Waals surface area contributed by atoms with E-state index in [0.717, 1.165) is 0 Å². The van der Waals surface area contributed by atoms with Crippen LogP contribution in [0.5, 0.6) is 0 Å². The van der Waals surface area contributed by atoms with Crippen molar-refractivity contribution in [3.8, 4) is 0 Å². The highest BCUT2D eigenvalue weighted by atomic mass is 16.4. The number of hydrogen-bond donors (Lipinski definition) is 12. The number of amides is 8. The number of aliphatic imine (C=N–C) groups is 2. The second kappa shape index (κ2) is 30.0. The molecule has 3 aliphatic heterocycles.